The molecule has 0 fully saturated rings. The van der Waals surface area contributed by atoms with Crippen LogP contribution in [0.3, 0.4) is 0 Å². The largest absolute Gasteiger partial charge is 3.00 e. The molecule has 1 radical (unpaired) electrons. The number of carboxylic acid groups (broad SMARTS) is 1. The summed E-state index contributed by atoms with van der Waals surface area (Å²) < 4.78 is 64.4. The summed E-state index contributed by atoms with van der Waals surface area (Å²) in [6.07, 6.45) is 0. The minimum Gasteiger partial charge on any atom is -0.857 e. The van der Waals surface area contributed by atoms with Crippen molar-refractivity contribution in [3.63, 3.8) is 0 Å². The first-order valence-electron chi connectivity index (χ1n) is 8.80. The van der Waals surface area contributed by atoms with E-state index in [1.807, 2.05) is 0 Å². The maximum absolute atomic E-state index is 12.8. The molecule has 13 nitrogen and oxygen atoms in total. The standard InChI is InChI=1S/C18H16N4O9S2.Cr/c1-9-7-11(32(26,27)28)4-6-15(9)22-17(23)16(10(2)21-22)20-19-14-8-12(33(29,30)31)3-5-13(14)18(24)25;/h3-8,23H,1-2H3,(H,24,25)(H,26,27,28)(H,29,30,31);/q;+3/p-2. The zero-order valence-electron chi connectivity index (χ0n) is 17.2. The number of aromatic nitrogens is 2. The molecule has 3 aromatic rings. The number of aryl methyl sites for hydroxylation is 2. The zero-order chi connectivity index (χ0) is 24.7. The quantitative estimate of drug-likeness (QED) is 0.328. The van der Waals surface area contributed by atoms with E-state index in [0.717, 1.165) is 35.0 Å². The first-order valence-corrected chi connectivity index (χ1v) is 11.7. The van der Waals surface area contributed by atoms with Crippen molar-refractivity contribution in [3.05, 3.63) is 53.2 Å². The van der Waals surface area contributed by atoms with Crippen LogP contribution in [-0.4, -0.2) is 41.7 Å². The summed E-state index contributed by atoms with van der Waals surface area (Å²) >= 11 is 0. The molecule has 0 bridgehead atoms. The molecule has 0 saturated carbocycles. The summed E-state index contributed by atoms with van der Waals surface area (Å²) in [4.78, 5) is 10.3. The van der Waals surface area contributed by atoms with Crippen LogP contribution >= 0.6 is 0 Å². The number of carbonyl (C=O) groups excluding carboxylic acids is 1. The molecule has 2 N–H and O–H groups in total. The number of aromatic carboxylic acids is 1. The summed E-state index contributed by atoms with van der Waals surface area (Å²) in [6, 6.07) is 5.88. The van der Waals surface area contributed by atoms with Gasteiger partial charge in [-0.1, -0.05) is 0 Å². The minimum absolute atomic E-state index is 0. The molecule has 0 aliphatic heterocycles. The molecule has 177 valence electrons. The second kappa shape index (κ2) is 9.62. The predicted octanol–water partition coefficient (Wildman–Crippen LogP) is 0.833. The van der Waals surface area contributed by atoms with Gasteiger partial charge in [0.25, 0.3) is 20.2 Å². The number of benzene rings is 2. The van der Waals surface area contributed by atoms with Gasteiger partial charge in [-0.3, -0.25) is 9.11 Å². The first-order chi connectivity index (χ1) is 15.2. The van der Waals surface area contributed by atoms with E-state index >= 15 is 0 Å². The van der Waals surface area contributed by atoms with E-state index in [1.165, 1.54) is 19.9 Å². The smallest absolute Gasteiger partial charge is 0.857 e. The molecule has 0 amide bonds. The van der Waals surface area contributed by atoms with Gasteiger partial charge in [0, 0.05) is 11.4 Å². The van der Waals surface area contributed by atoms with Gasteiger partial charge in [0.2, 0.25) is 0 Å². The summed E-state index contributed by atoms with van der Waals surface area (Å²) in [5, 5.41) is 35.5. The molecule has 34 heavy (non-hydrogen) atoms. The van der Waals surface area contributed by atoms with Gasteiger partial charge in [0.15, 0.2) is 0 Å². The molecular weight excluding hydrogens is 532 g/mol. The van der Waals surface area contributed by atoms with Crippen LogP contribution in [0.2, 0.25) is 0 Å². The van der Waals surface area contributed by atoms with Gasteiger partial charge in [0.05, 0.1) is 32.8 Å². The normalized spacial score (nSPS) is 12.0. The summed E-state index contributed by atoms with van der Waals surface area (Å²) in [5.74, 6) is -2.49. The van der Waals surface area contributed by atoms with Gasteiger partial charge in [-0.15, -0.1) is 10.2 Å². The molecule has 1 heterocycles. The Morgan fingerprint density at radius 1 is 0.971 bits per heavy atom. The second-order valence-electron chi connectivity index (χ2n) is 6.72. The van der Waals surface area contributed by atoms with Crippen LogP contribution in [0.5, 0.6) is 5.88 Å². The molecule has 0 unspecified atom stereocenters. The number of hydrogen-bond acceptors (Lipinski definition) is 10. The SMILES string of the molecule is Cc1cc(S(=O)(=O)O)ccc1-n1nc(C)c(N=Nc2cc(S(=O)(=O)O)ccc2C(=O)[O-])c1[O-].[Cr+3]. The zero-order valence-corrected chi connectivity index (χ0v) is 20.1. The number of rotatable bonds is 6. The third-order valence-corrected chi connectivity index (χ3v) is 6.13. The van der Waals surface area contributed by atoms with Crippen molar-refractivity contribution in [2.24, 2.45) is 10.2 Å². The summed E-state index contributed by atoms with van der Waals surface area (Å²) in [7, 11) is -9.13. The van der Waals surface area contributed by atoms with E-state index in [0.29, 0.717) is 0 Å². The number of azo groups is 1. The Kier molecular flexibility index (Phi) is 7.67. The molecule has 2 aromatic carbocycles. The minimum atomic E-state index is -4.67. The van der Waals surface area contributed by atoms with Crippen molar-refractivity contribution in [1.82, 2.24) is 9.78 Å². The van der Waals surface area contributed by atoms with E-state index in [2.05, 4.69) is 15.3 Å². The summed E-state index contributed by atoms with van der Waals surface area (Å²) in [5.41, 5.74) is -0.808. The molecule has 0 saturated heterocycles. The molecule has 16 heteroatoms. The molecular formula is C18H14CrN4O9S2+. The van der Waals surface area contributed by atoms with Gasteiger partial charge in [-0.05, 0) is 55.8 Å². The van der Waals surface area contributed by atoms with Gasteiger partial charge in [-0.25, -0.2) is 4.68 Å². The Morgan fingerprint density at radius 3 is 2.06 bits per heavy atom. The van der Waals surface area contributed by atoms with Crippen molar-refractivity contribution >= 4 is 37.6 Å². The number of hydrogen-bond donors (Lipinski definition) is 2. The van der Waals surface area contributed by atoms with Crippen LogP contribution in [0, 0.1) is 13.8 Å². The van der Waals surface area contributed by atoms with Crippen LogP contribution in [0.4, 0.5) is 11.4 Å². The van der Waals surface area contributed by atoms with Crippen molar-refractivity contribution in [2.75, 3.05) is 0 Å². The van der Waals surface area contributed by atoms with Crippen LogP contribution in [-0.2, 0) is 37.6 Å². The van der Waals surface area contributed by atoms with Crippen molar-refractivity contribution in [3.8, 4) is 11.6 Å². The third-order valence-electron chi connectivity index (χ3n) is 4.43. The van der Waals surface area contributed by atoms with Crippen molar-refractivity contribution < 1.29 is 58.3 Å². The number of carbonyl (C=O) groups is 1. The topological polar surface area (TPSA) is 214 Å². The molecule has 0 atom stereocenters. The van der Waals surface area contributed by atoms with Crippen LogP contribution < -0.4 is 10.2 Å². The fourth-order valence-electron chi connectivity index (χ4n) is 2.83. The maximum atomic E-state index is 12.8. The van der Waals surface area contributed by atoms with E-state index in [1.54, 1.807) is 0 Å². The molecule has 0 aliphatic rings. The third kappa shape index (κ3) is 5.50. The van der Waals surface area contributed by atoms with E-state index in [4.69, 9.17) is 9.11 Å². The van der Waals surface area contributed by atoms with Crippen molar-refractivity contribution in [2.45, 2.75) is 23.6 Å². The van der Waals surface area contributed by atoms with E-state index < -0.39 is 48.2 Å². The fourth-order valence-corrected chi connectivity index (χ4v) is 3.90. The van der Waals surface area contributed by atoms with Crippen LogP contribution in [0.15, 0.2) is 56.4 Å². The first kappa shape index (κ1) is 27.1. The van der Waals surface area contributed by atoms with Gasteiger partial charge >= 0.3 is 17.4 Å². The van der Waals surface area contributed by atoms with Crippen molar-refractivity contribution in [1.29, 1.82) is 0 Å². The Labute approximate surface area is 204 Å². The van der Waals surface area contributed by atoms with Gasteiger partial charge in [-0.2, -0.15) is 21.9 Å². The Balaban J connectivity index is 0.00000408. The van der Waals surface area contributed by atoms with Crippen LogP contribution in [0.1, 0.15) is 21.6 Å². The number of nitrogens with zero attached hydrogens (tertiary/aromatic N) is 4. The second-order valence-corrected chi connectivity index (χ2v) is 9.56. The Morgan fingerprint density at radius 2 is 1.53 bits per heavy atom. The Hall–Kier alpha value is -3.13. The number of carboxylic acids is 1. The molecule has 1 aromatic heterocycles. The average Bonchev–Trinajstić information content (AvgIpc) is 2.98. The van der Waals surface area contributed by atoms with Gasteiger partial charge < -0.3 is 15.0 Å². The maximum Gasteiger partial charge on any atom is 3.00 e. The molecule has 3 rings (SSSR count). The van der Waals surface area contributed by atoms with E-state index in [9.17, 15) is 31.8 Å². The van der Waals surface area contributed by atoms with E-state index in [-0.39, 0.29) is 44.9 Å². The predicted molar refractivity (Wildman–Crippen MR) is 107 cm³/mol. The molecule has 0 aliphatic carbocycles. The van der Waals surface area contributed by atoms with Crippen LogP contribution in [0.25, 0.3) is 5.69 Å². The Bertz CT molecular complexity index is 1530. The average molecular weight is 546 g/mol. The monoisotopic (exact) mass is 546 g/mol. The summed E-state index contributed by atoms with van der Waals surface area (Å²) in [6.45, 7) is 2.89. The van der Waals surface area contributed by atoms with Gasteiger partial charge in [0.1, 0.15) is 5.69 Å². The fraction of sp³-hybridized carbons (Fsp3) is 0.111. The molecule has 0 spiro atoms.